The Morgan fingerprint density at radius 3 is 2.50 bits per heavy atom. The summed E-state index contributed by atoms with van der Waals surface area (Å²) < 4.78 is 0. The first kappa shape index (κ1) is 16.5. The highest BCUT2D eigenvalue weighted by atomic mass is 16.3. The largest absolute Gasteiger partial charge is 0.507 e. The van der Waals surface area contributed by atoms with E-state index >= 15 is 0 Å². The molecular formula is C19H26N2O. The van der Waals surface area contributed by atoms with Gasteiger partial charge in [-0.1, -0.05) is 45.0 Å². The van der Waals surface area contributed by atoms with Crippen LogP contribution in [0.3, 0.4) is 0 Å². The van der Waals surface area contributed by atoms with Crippen molar-refractivity contribution in [2.45, 2.75) is 45.7 Å². The van der Waals surface area contributed by atoms with Gasteiger partial charge in [0.05, 0.1) is 0 Å². The SMILES string of the molecule is C[C@@H](c1cccnc1)N(C)Cc1cccc(C(C)(C)C)c1O. The van der Waals surface area contributed by atoms with Gasteiger partial charge in [-0.2, -0.15) is 0 Å². The fourth-order valence-corrected chi connectivity index (χ4v) is 2.61. The van der Waals surface area contributed by atoms with Gasteiger partial charge in [0.15, 0.2) is 0 Å². The van der Waals surface area contributed by atoms with Gasteiger partial charge in [0, 0.05) is 30.5 Å². The van der Waals surface area contributed by atoms with E-state index in [1.165, 1.54) is 5.56 Å². The van der Waals surface area contributed by atoms with Crippen LogP contribution in [0.4, 0.5) is 0 Å². The summed E-state index contributed by atoms with van der Waals surface area (Å²) in [6.45, 7) is 9.21. The molecule has 1 aromatic carbocycles. The number of hydrogen-bond acceptors (Lipinski definition) is 3. The molecule has 0 unspecified atom stereocenters. The first-order valence-corrected chi connectivity index (χ1v) is 7.72. The van der Waals surface area contributed by atoms with E-state index in [-0.39, 0.29) is 11.5 Å². The van der Waals surface area contributed by atoms with Crippen molar-refractivity contribution in [1.82, 2.24) is 9.88 Å². The third kappa shape index (κ3) is 3.66. The Morgan fingerprint density at radius 2 is 1.91 bits per heavy atom. The lowest BCUT2D eigenvalue weighted by atomic mass is 9.85. The molecule has 2 rings (SSSR count). The lowest BCUT2D eigenvalue weighted by Crippen LogP contribution is -2.22. The number of nitrogens with zero attached hydrogens (tertiary/aromatic N) is 2. The van der Waals surface area contributed by atoms with Crippen LogP contribution in [0.5, 0.6) is 5.75 Å². The van der Waals surface area contributed by atoms with E-state index in [2.05, 4.69) is 50.7 Å². The van der Waals surface area contributed by atoms with Gasteiger partial charge in [0.2, 0.25) is 0 Å². The quantitative estimate of drug-likeness (QED) is 0.915. The maximum Gasteiger partial charge on any atom is 0.123 e. The highest BCUT2D eigenvalue weighted by Gasteiger charge is 2.21. The van der Waals surface area contributed by atoms with Crippen molar-refractivity contribution in [3.05, 3.63) is 59.4 Å². The molecular weight excluding hydrogens is 272 g/mol. The van der Waals surface area contributed by atoms with Gasteiger partial charge in [-0.25, -0.2) is 0 Å². The van der Waals surface area contributed by atoms with Crippen molar-refractivity contribution in [1.29, 1.82) is 0 Å². The van der Waals surface area contributed by atoms with Crippen LogP contribution in [0.25, 0.3) is 0 Å². The van der Waals surface area contributed by atoms with E-state index < -0.39 is 0 Å². The summed E-state index contributed by atoms with van der Waals surface area (Å²) in [7, 11) is 2.07. The van der Waals surface area contributed by atoms with Crippen LogP contribution in [0, 0.1) is 0 Å². The van der Waals surface area contributed by atoms with Crippen LogP contribution in [0.1, 0.15) is 50.4 Å². The minimum absolute atomic E-state index is 0.0619. The number of aromatic hydroxyl groups is 1. The monoisotopic (exact) mass is 298 g/mol. The van der Waals surface area contributed by atoms with E-state index in [1.807, 2.05) is 30.5 Å². The molecule has 1 atom stereocenters. The Bertz CT molecular complexity index is 617. The number of phenols is 1. The molecule has 0 fully saturated rings. The van der Waals surface area contributed by atoms with Crippen molar-refractivity contribution in [3.63, 3.8) is 0 Å². The van der Waals surface area contributed by atoms with Crippen molar-refractivity contribution < 1.29 is 5.11 Å². The average Bonchev–Trinajstić information content (AvgIpc) is 2.48. The van der Waals surface area contributed by atoms with E-state index in [4.69, 9.17) is 0 Å². The van der Waals surface area contributed by atoms with E-state index in [1.54, 1.807) is 6.20 Å². The fourth-order valence-electron chi connectivity index (χ4n) is 2.61. The molecule has 3 heteroatoms. The molecule has 0 aliphatic carbocycles. The molecule has 0 saturated heterocycles. The maximum absolute atomic E-state index is 10.6. The zero-order chi connectivity index (χ0) is 16.3. The summed E-state index contributed by atoms with van der Waals surface area (Å²) in [5.74, 6) is 0.417. The first-order chi connectivity index (χ1) is 10.3. The van der Waals surface area contributed by atoms with E-state index in [9.17, 15) is 5.11 Å². The smallest absolute Gasteiger partial charge is 0.123 e. The van der Waals surface area contributed by atoms with E-state index in [0.717, 1.165) is 11.1 Å². The van der Waals surface area contributed by atoms with Crippen LogP contribution in [-0.2, 0) is 12.0 Å². The van der Waals surface area contributed by atoms with Crippen LogP contribution >= 0.6 is 0 Å². The number of rotatable bonds is 4. The highest BCUT2D eigenvalue weighted by molar-refractivity contribution is 5.44. The Morgan fingerprint density at radius 1 is 1.18 bits per heavy atom. The maximum atomic E-state index is 10.6. The second-order valence-corrected chi connectivity index (χ2v) is 6.94. The molecule has 1 aromatic heterocycles. The van der Waals surface area contributed by atoms with Gasteiger partial charge in [-0.05, 0) is 36.6 Å². The second-order valence-electron chi connectivity index (χ2n) is 6.94. The second kappa shape index (κ2) is 6.49. The molecule has 3 nitrogen and oxygen atoms in total. The average molecular weight is 298 g/mol. The molecule has 0 spiro atoms. The standard InChI is InChI=1S/C19H26N2O/c1-14(15-9-7-11-20-12-15)21(5)13-16-8-6-10-17(18(16)22)19(2,3)4/h6-12,14,22H,13H2,1-5H3/t14-/m0/s1. The number of aromatic nitrogens is 1. The summed E-state index contributed by atoms with van der Waals surface area (Å²) in [6, 6.07) is 10.3. The molecule has 118 valence electrons. The molecule has 0 aliphatic heterocycles. The summed E-state index contributed by atoms with van der Waals surface area (Å²) >= 11 is 0. The Kier molecular flexibility index (Phi) is 4.87. The summed E-state index contributed by atoms with van der Waals surface area (Å²) in [4.78, 5) is 6.40. The van der Waals surface area contributed by atoms with Crippen molar-refractivity contribution in [3.8, 4) is 5.75 Å². The molecule has 2 aromatic rings. The minimum atomic E-state index is -0.0619. The van der Waals surface area contributed by atoms with Gasteiger partial charge in [0.1, 0.15) is 5.75 Å². The molecule has 1 heterocycles. The van der Waals surface area contributed by atoms with Crippen LogP contribution < -0.4 is 0 Å². The van der Waals surface area contributed by atoms with Crippen LogP contribution in [0.2, 0.25) is 0 Å². The number of benzene rings is 1. The number of hydrogen-bond donors (Lipinski definition) is 1. The number of phenolic OH excluding ortho intramolecular Hbond substituents is 1. The normalized spacial score (nSPS) is 13.4. The lowest BCUT2D eigenvalue weighted by Gasteiger charge is -2.27. The van der Waals surface area contributed by atoms with Crippen molar-refractivity contribution in [2.24, 2.45) is 0 Å². The summed E-state index contributed by atoms with van der Waals surface area (Å²) in [6.07, 6.45) is 3.68. The first-order valence-electron chi connectivity index (χ1n) is 7.72. The minimum Gasteiger partial charge on any atom is -0.507 e. The number of pyridine rings is 1. The molecule has 0 radical (unpaired) electrons. The van der Waals surface area contributed by atoms with Crippen molar-refractivity contribution >= 4 is 0 Å². The zero-order valence-electron chi connectivity index (χ0n) is 14.2. The molecule has 0 aliphatic rings. The molecule has 1 N–H and O–H groups in total. The zero-order valence-corrected chi connectivity index (χ0v) is 14.2. The fraction of sp³-hybridized carbons (Fsp3) is 0.421. The highest BCUT2D eigenvalue weighted by Crippen LogP contribution is 2.34. The Labute approximate surface area is 133 Å². The van der Waals surface area contributed by atoms with Crippen LogP contribution in [0.15, 0.2) is 42.7 Å². The molecule has 0 amide bonds. The van der Waals surface area contributed by atoms with Gasteiger partial charge in [0.25, 0.3) is 0 Å². The predicted molar refractivity (Wildman–Crippen MR) is 90.9 cm³/mol. The topological polar surface area (TPSA) is 36.4 Å². The van der Waals surface area contributed by atoms with Gasteiger partial charge in [-0.3, -0.25) is 9.88 Å². The predicted octanol–water partition coefficient (Wildman–Crippen LogP) is 4.28. The molecule has 0 saturated carbocycles. The molecule has 22 heavy (non-hydrogen) atoms. The van der Waals surface area contributed by atoms with E-state index in [0.29, 0.717) is 12.3 Å². The Balaban J connectivity index is 2.21. The third-order valence-corrected chi connectivity index (χ3v) is 4.18. The Hall–Kier alpha value is -1.87. The van der Waals surface area contributed by atoms with Gasteiger partial charge < -0.3 is 5.11 Å². The third-order valence-electron chi connectivity index (χ3n) is 4.18. The summed E-state index contributed by atoms with van der Waals surface area (Å²) in [5, 5.41) is 10.6. The molecule has 0 bridgehead atoms. The number of para-hydroxylation sites is 1. The van der Waals surface area contributed by atoms with Crippen molar-refractivity contribution in [2.75, 3.05) is 7.05 Å². The van der Waals surface area contributed by atoms with Gasteiger partial charge in [-0.15, -0.1) is 0 Å². The van der Waals surface area contributed by atoms with Gasteiger partial charge >= 0.3 is 0 Å². The lowest BCUT2D eigenvalue weighted by molar-refractivity contribution is 0.249. The summed E-state index contributed by atoms with van der Waals surface area (Å²) in [5.41, 5.74) is 3.07. The van der Waals surface area contributed by atoms with Crippen LogP contribution in [-0.4, -0.2) is 22.0 Å².